The maximum atomic E-state index is 11.2. The van der Waals surface area contributed by atoms with Gasteiger partial charge in [0.15, 0.2) is 5.65 Å². The molecule has 0 aliphatic carbocycles. The van der Waals surface area contributed by atoms with Crippen molar-refractivity contribution in [2.45, 2.75) is 40.2 Å². The molecule has 112 valence electrons. The van der Waals surface area contributed by atoms with E-state index in [0.717, 1.165) is 47.9 Å². The molecule has 0 saturated carbocycles. The summed E-state index contributed by atoms with van der Waals surface area (Å²) in [6.45, 7) is 9.37. The summed E-state index contributed by atoms with van der Waals surface area (Å²) in [4.78, 5) is 18.1. The van der Waals surface area contributed by atoms with Crippen LogP contribution in [0.2, 0.25) is 0 Å². The van der Waals surface area contributed by atoms with Crippen molar-refractivity contribution in [1.82, 2.24) is 19.9 Å². The Hall–Kier alpha value is -2.11. The molecular weight excluding hydrogens is 266 g/mol. The summed E-state index contributed by atoms with van der Waals surface area (Å²) in [5.74, 6) is 1.09. The van der Waals surface area contributed by atoms with Gasteiger partial charge in [-0.25, -0.2) is 4.98 Å². The van der Waals surface area contributed by atoms with Gasteiger partial charge in [0, 0.05) is 43.4 Å². The zero-order valence-corrected chi connectivity index (χ0v) is 13.0. The minimum atomic E-state index is 0.0312. The summed E-state index contributed by atoms with van der Waals surface area (Å²) < 4.78 is 1.92. The number of anilines is 1. The van der Waals surface area contributed by atoms with Crippen molar-refractivity contribution >= 4 is 17.4 Å². The van der Waals surface area contributed by atoms with E-state index in [9.17, 15) is 4.79 Å². The molecule has 0 spiro atoms. The normalized spacial score (nSPS) is 18.5. The van der Waals surface area contributed by atoms with Gasteiger partial charge in [-0.15, -0.1) is 0 Å². The molecule has 0 radical (unpaired) electrons. The SMILES string of the molecule is CC(=O)N[C@H]1CCN(c2cc(C)nc3c(C)c(C)nn23)C1. The largest absolute Gasteiger partial charge is 0.354 e. The summed E-state index contributed by atoms with van der Waals surface area (Å²) in [7, 11) is 0. The highest BCUT2D eigenvalue weighted by Crippen LogP contribution is 2.24. The molecule has 2 aromatic rings. The summed E-state index contributed by atoms with van der Waals surface area (Å²) in [6, 6.07) is 2.28. The molecule has 0 bridgehead atoms. The number of rotatable bonds is 2. The van der Waals surface area contributed by atoms with Gasteiger partial charge in [0.05, 0.1) is 5.69 Å². The molecule has 1 amide bonds. The first-order valence-electron chi connectivity index (χ1n) is 7.31. The fourth-order valence-corrected chi connectivity index (χ4v) is 2.93. The van der Waals surface area contributed by atoms with E-state index in [0.29, 0.717) is 0 Å². The minimum Gasteiger partial charge on any atom is -0.354 e. The zero-order valence-electron chi connectivity index (χ0n) is 13.0. The number of nitrogens with one attached hydrogen (secondary N) is 1. The minimum absolute atomic E-state index is 0.0312. The molecule has 0 unspecified atom stereocenters. The van der Waals surface area contributed by atoms with Crippen LogP contribution in [0.15, 0.2) is 6.07 Å². The lowest BCUT2D eigenvalue weighted by Gasteiger charge is -2.20. The van der Waals surface area contributed by atoms with Gasteiger partial charge in [0.1, 0.15) is 5.82 Å². The third kappa shape index (κ3) is 2.46. The van der Waals surface area contributed by atoms with E-state index in [-0.39, 0.29) is 11.9 Å². The number of fused-ring (bicyclic) bond motifs is 1. The van der Waals surface area contributed by atoms with Gasteiger partial charge < -0.3 is 10.2 Å². The molecule has 6 nitrogen and oxygen atoms in total. The van der Waals surface area contributed by atoms with Crippen molar-refractivity contribution in [3.05, 3.63) is 23.0 Å². The van der Waals surface area contributed by atoms with E-state index in [1.807, 2.05) is 18.4 Å². The van der Waals surface area contributed by atoms with Crippen LogP contribution in [-0.2, 0) is 4.79 Å². The van der Waals surface area contributed by atoms with Crippen LogP contribution in [0, 0.1) is 20.8 Å². The van der Waals surface area contributed by atoms with Crippen LogP contribution in [0.25, 0.3) is 5.65 Å². The first-order valence-corrected chi connectivity index (χ1v) is 7.31. The maximum absolute atomic E-state index is 11.2. The quantitative estimate of drug-likeness (QED) is 0.906. The van der Waals surface area contributed by atoms with Gasteiger partial charge in [0.2, 0.25) is 5.91 Å². The molecule has 1 N–H and O–H groups in total. The van der Waals surface area contributed by atoms with Gasteiger partial charge in [-0.2, -0.15) is 9.61 Å². The standard InChI is InChI=1S/C15H21N5O/c1-9-7-14(19-6-5-13(8-19)17-12(4)21)20-15(16-9)10(2)11(3)18-20/h7,13H,5-6,8H2,1-4H3,(H,17,21)/t13-/m0/s1. The third-order valence-corrected chi connectivity index (χ3v) is 4.09. The van der Waals surface area contributed by atoms with Gasteiger partial charge in [-0.05, 0) is 27.2 Å². The summed E-state index contributed by atoms with van der Waals surface area (Å²) in [6.07, 6.45) is 0.960. The Morgan fingerprint density at radius 2 is 2.14 bits per heavy atom. The first kappa shape index (κ1) is 13.9. The van der Waals surface area contributed by atoms with E-state index in [2.05, 4.69) is 33.3 Å². The topological polar surface area (TPSA) is 62.5 Å². The van der Waals surface area contributed by atoms with E-state index < -0.39 is 0 Å². The lowest BCUT2D eigenvalue weighted by molar-refractivity contribution is -0.119. The van der Waals surface area contributed by atoms with Crippen LogP contribution in [0.4, 0.5) is 5.82 Å². The van der Waals surface area contributed by atoms with E-state index >= 15 is 0 Å². The van der Waals surface area contributed by atoms with Crippen molar-refractivity contribution in [2.24, 2.45) is 0 Å². The average molecular weight is 287 g/mol. The molecule has 0 aromatic carbocycles. The van der Waals surface area contributed by atoms with Gasteiger partial charge >= 0.3 is 0 Å². The molecule has 21 heavy (non-hydrogen) atoms. The van der Waals surface area contributed by atoms with Gasteiger partial charge in [-0.1, -0.05) is 0 Å². The highest BCUT2D eigenvalue weighted by Gasteiger charge is 2.25. The number of carbonyl (C=O) groups excluding carboxylic acids is 1. The second kappa shape index (κ2) is 5.02. The van der Waals surface area contributed by atoms with Crippen LogP contribution in [0.3, 0.4) is 0 Å². The van der Waals surface area contributed by atoms with Crippen molar-refractivity contribution in [3.8, 4) is 0 Å². The smallest absolute Gasteiger partial charge is 0.217 e. The predicted octanol–water partition coefficient (Wildman–Crippen LogP) is 1.37. The summed E-state index contributed by atoms with van der Waals surface area (Å²) in [5.41, 5.74) is 4.04. The van der Waals surface area contributed by atoms with Crippen LogP contribution >= 0.6 is 0 Å². The molecule has 3 heterocycles. The van der Waals surface area contributed by atoms with Gasteiger partial charge in [0.25, 0.3) is 0 Å². The maximum Gasteiger partial charge on any atom is 0.217 e. The van der Waals surface area contributed by atoms with Crippen LogP contribution in [0.1, 0.15) is 30.3 Å². The molecule has 1 aliphatic rings. The summed E-state index contributed by atoms with van der Waals surface area (Å²) in [5, 5.41) is 7.60. The Balaban J connectivity index is 1.97. The van der Waals surface area contributed by atoms with E-state index in [1.165, 1.54) is 0 Å². The fourth-order valence-electron chi connectivity index (χ4n) is 2.93. The number of carbonyl (C=O) groups is 1. The number of aryl methyl sites for hydroxylation is 3. The second-order valence-electron chi connectivity index (χ2n) is 5.83. The number of aromatic nitrogens is 3. The monoisotopic (exact) mass is 287 g/mol. The van der Waals surface area contributed by atoms with Gasteiger partial charge in [-0.3, -0.25) is 4.79 Å². The van der Waals surface area contributed by atoms with Crippen molar-refractivity contribution in [2.75, 3.05) is 18.0 Å². The Labute approximate surface area is 124 Å². The predicted molar refractivity (Wildman–Crippen MR) is 81.6 cm³/mol. The number of amides is 1. The average Bonchev–Trinajstić information content (AvgIpc) is 2.96. The Morgan fingerprint density at radius 3 is 2.86 bits per heavy atom. The molecule has 2 aromatic heterocycles. The molecular formula is C15H21N5O. The van der Waals surface area contributed by atoms with Crippen molar-refractivity contribution in [3.63, 3.8) is 0 Å². The molecule has 1 saturated heterocycles. The Bertz CT molecular complexity index is 706. The van der Waals surface area contributed by atoms with E-state index in [1.54, 1.807) is 6.92 Å². The third-order valence-electron chi connectivity index (χ3n) is 4.09. The number of nitrogens with zero attached hydrogens (tertiary/aromatic N) is 4. The lowest BCUT2D eigenvalue weighted by atomic mass is 10.2. The number of hydrogen-bond acceptors (Lipinski definition) is 4. The highest BCUT2D eigenvalue weighted by molar-refractivity contribution is 5.73. The lowest BCUT2D eigenvalue weighted by Crippen LogP contribution is -2.36. The number of hydrogen-bond donors (Lipinski definition) is 1. The molecule has 1 atom stereocenters. The molecule has 3 rings (SSSR count). The zero-order chi connectivity index (χ0) is 15.1. The molecule has 1 fully saturated rings. The van der Waals surface area contributed by atoms with Crippen LogP contribution in [0.5, 0.6) is 0 Å². The highest BCUT2D eigenvalue weighted by atomic mass is 16.1. The fraction of sp³-hybridized carbons (Fsp3) is 0.533. The first-order chi connectivity index (χ1) is 9.95. The molecule has 1 aliphatic heterocycles. The van der Waals surface area contributed by atoms with E-state index in [4.69, 9.17) is 0 Å². The Morgan fingerprint density at radius 1 is 1.38 bits per heavy atom. The second-order valence-corrected chi connectivity index (χ2v) is 5.83. The van der Waals surface area contributed by atoms with Crippen LogP contribution < -0.4 is 10.2 Å². The van der Waals surface area contributed by atoms with Crippen molar-refractivity contribution < 1.29 is 4.79 Å². The Kier molecular flexibility index (Phi) is 3.31. The summed E-state index contributed by atoms with van der Waals surface area (Å²) >= 11 is 0. The molecule has 6 heteroatoms. The van der Waals surface area contributed by atoms with Crippen molar-refractivity contribution in [1.29, 1.82) is 0 Å². The van der Waals surface area contributed by atoms with Crippen LogP contribution in [-0.4, -0.2) is 39.6 Å².